The number of ether oxygens (including phenoxy) is 1. The number of hydrogen-bond donors (Lipinski definition) is 1. The summed E-state index contributed by atoms with van der Waals surface area (Å²) in [4.78, 5) is 0. The summed E-state index contributed by atoms with van der Waals surface area (Å²) in [5.74, 6) is 0.668. The molecule has 0 aliphatic rings. The van der Waals surface area contributed by atoms with E-state index in [9.17, 15) is 13.2 Å². The Labute approximate surface area is 128 Å². The molecule has 0 heterocycles. The largest absolute Gasteiger partial charge is 0.494 e. The molecular formula is C17H20F3NO. The number of hydrogen-bond acceptors (Lipinski definition) is 2. The highest BCUT2D eigenvalue weighted by atomic mass is 19.4. The molecule has 0 aliphatic heterocycles. The molecule has 0 amide bonds. The van der Waals surface area contributed by atoms with Gasteiger partial charge in [0.2, 0.25) is 0 Å². The zero-order valence-corrected chi connectivity index (χ0v) is 12.5. The Morgan fingerprint density at radius 2 is 1.91 bits per heavy atom. The third kappa shape index (κ3) is 3.91. The molecule has 2 nitrogen and oxygen atoms in total. The molecule has 0 spiro atoms. The number of nitrogens with two attached hydrogens (primary N) is 1. The standard InChI is InChI=1S/C17H20F3NO/c1-2-3-4-10-22-13-8-9-14-12(11-13)6-5-7-15(14)16(21)17(18,19)20/h5-9,11,16H,2-4,10,21H2,1H3/t16-/m0/s1. The van der Waals surface area contributed by atoms with Crippen LogP contribution in [-0.2, 0) is 0 Å². The summed E-state index contributed by atoms with van der Waals surface area (Å²) in [6.07, 6.45) is -1.28. The Hall–Kier alpha value is -1.75. The Bertz CT molecular complexity index is 625. The van der Waals surface area contributed by atoms with Gasteiger partial charge < -0.3 is 10.5 Å². The molecule has 0 aliphatic carbocycles. The van der Waals surface area contributed by atoms with Crippen LogP contribution in [-0.4, -0.2) is 12.8 Å². The van der Waals surface area contributed by atoms with Gasteiger partial charge in [-0.05, 0) is 34.9 Å². The summed E-state index contributed by atoms with van der Waals surface area (Å²) in [6.45, 7) is 2.72. The zero-order chi connectivity index (χ0) is 16.2. The fraction of sp³-hybridized carbons (Fsp3) is 0.412. The van der Waals surface area contributed by atoms with Gasteiger partial charge in [0.15, 0.2) is 0 Å². The molecule has 120 valence electrons. The molecule has 2 aromatic carbocycles. The Kier molecular flexibility index (Phi) is 5.29. The van der Waals surface area contributed by atoms with Gasteiger partial charge in [0.1, 0.15) is 11.8 Å². The van der Waals surface area contributed by atoms with Crippen molar-refractivity contribution in [2.45, 2.75) is 38.4 Å². The third-order valence-electron chi connectivity index (χ3n) is 3.59. The van der Waals surface area contributed by atoms with Crippen molar-refractivity contribution < 1.29 is 17.9 Å². The molecular weight excluding hydrogens is 291 g/mol. The average molecular weight is 311 g/mol. The van der Waals surface area contributed by atoms with E-state index in [1.54, 1.807) is 30.3 Å². The first kappa shape index (κ1) is 16.6. The van der Waals surface area contributed by atoms with Crippen LogP contribution in [0.1, 0.15) is 37.8 Å². The van der Waals surface area contributed by atoms with Crippen molar-refractivity contribution in [1.82, 2.24) is 0 Å². The SMILES string of the molecule is CCCCCOc1ccc2c([C@H](N)C(F)(F)F)cccc2c1. The minimum atomic E-state index is -4.45. The second-order valence-corrected chi connectivity index (χ2v) is 5.31. The van der Waals surface area contributed by atoms with Gasteiger partial charge in [0, 0.05) is 0 Å². The second-order valence-electron chi connectivity index (χ2n) is 5.31. The van der Waals surface area contributed by atoms with Crippen molar-refractivity contribution in [2.75, 3.05) is 6.61 Å². The molecule has 2 aromatic rings. The molecule has 0 aromatic heterocycles. The summed E-state index contributed by atoms with van der Waals surface area (Å²) >= 11 is 0. The molecule has 1 atom stereocenters. The van der Waals surface area contributed by atoms with Crippen LogP contribution in [0.25, 0.3) is 10.8 Å². The van der Waals surface area contributed by atoms with Crippen LogP contribution in [0.4, 0.5) is 13.2 Å². The first-order valence-corrected chi connectivity index (χ1v) is 7.41. The van der Waals surface area contributed by atoms with E-state index in [-0.39, 0.29) is 5.56 Å². The number of unbranched alkanes of at least 4 members (excludes halogenated alkanes) is 2. The molecule has 0 radical (unpaired) electrons. The van der Waals surface area contributed by atoms with Crippen molar-refractivity contribution in [3.8, 4) is 5.75 Å². The first-order chi connectivity index (χ1) is 10.4. The fourth-order valence-electron chi connectivity index (χ4n) is 2.37. The monoisotopic (exact) mass is 311 g/mol. The highest BCUT2D eigenvalue weighted by molar-refractivity contribution is 5.87. The van der Waals surface area contributed by atoms with Gasteiger partial charge >= 0.3 is 6.18 Å². The summed E-state index contributed by atoms with van der Waals surface area (Å²) in [6, 6.07) is 7.89. The predicted octanol–water partition coefficient (Wildman–Crippen LogP) is 4.97. The second kappa shape index (κ2) is 7.01. The Balaban J connectivity index is 2.24. The van der Waals surface area contributed by atoms with Gasteiger partial charge in [0.25, 0.3) is 0 Å². The van der Waals surface area contributed by atoms with Gasteiger partial charge in [-0.3, -0.25) is 0 Å². The molecule has 0 fully saturated rings. The topological polar surface area (TPSA) is 35.2 Å². The van der Waals surface area contributed by atoms with E-state index in [2.05, 4.69) is 6.92 Å². The number of fused-ring (bicyclic) bond motifs is 1. The fourth-order valence-corrected chi connectivity index (χ4v) is 2.37. The maximum atomic E-state index is 12.8. The molecule has 0 unspecified atom stereocenters. The maximum absolute atomic E-state index is 12.8. The molecule has 0 bridgehead atoms. The summed E-state index contributed by atoms with van der Waals surface area (Å²) in [7, 11) is 0. The van der Waals surface area contributed by atoms with Gasteiger partial charge in [-0.1, -0.05) is 44.0 Å². The normalized spacial score (nSPS) is 13.3. The lowest BCUT2D eigenvalue weighted by Gasteiger charge is -2.18. The van der Waals surface area contributed by atoms with E-state index < -0.39 is 12.2 Å². The van der Waals surface area contributed by atoms with Crippen LogP contribution >= 0.6 is 0 Å². The van der Waals surface area contributed by atoms with Crippen LogP contribution in [0, 0.1) is 0 Å². The number of alkyl halides is 3. The van der Waals surface area contributed by atoms with E-state index in [4.69, 9.17) is 10.5 Å². The van der Waals surface area contributed by atoms with Crippen molar-refractivity contribution in [2.24, 2.45) is 5.73 Å². The first-order valence-electron chi connectivity index (χ1n) is 7.41. The molecule has 2 rings (SSSR count). The van der Waals surface area contributed by atoms with Crippen LogP contribution in [0.5, 0.6) is 5.75 Å². The van der Waals surface area contributed by atoms with E-state index in [0.717, 1.165) is 19.3 Å². The van der Waals surface area contributed by atoms with Gasteiger partial charge in [0.05, 0.1) is 6.61 Å². The highest BCUT2D eigenvalue weighted by Gasteiger charge is 2.38. The third-order valence-corrected chi connectivity index (χ3v) is 3.59. The van der Waals surface area contributed by atoms with E-state index in [1.165, 1.54) is 6.07 Å². The summed E-state index contributed by atoms with van der Waals surface area (Å²) in [5, 5.41) is 1.21. The van der Waals surface area contributed by atoms with E-state index in [0.29, 0.717) is 23.1 Å². The lowest BCUT2D eigenvalue weighted by Crippen LogP contribution is -2.28. The Morgan fingerprint density at radius 1 is 1.14 bits per heavy atom. The van der Waals surface area contributed by atoms with Gasteiger partial charge in [-0.15, -0.1) is 0 Å². The zero-order valence-electron chi connectivity index (χ0n) is 12.5. The van der Waals surface area contributed by atoms with E-state index in [1.807, 2.05) is 0 Å². The number of benzene rings is 2. The number of halogens is 3. The molecule has 2 N–H and O–H groups in total. The van der Waals surface area contributed by atoms with Crippen LogP contribution in [0.3, 0.4) is 0 Å². The summed E-state index contributed by atoms with van der Waals surface area (Å²) in [5.41, 5.74) is 5.42. The van der Waals surface area contributed by atoms with Crippen LogP contribution in [0.2, 0.25) is 0 Å². The molecule has 5 heteroatoms. The highest BCUT2D eigenvalue weighted by Crippen LogP contribution is 2.35. The number of rotatable bonds is 6. The van der Waals surface area contributed by atoms with Crippen molar-refractivity contribution in [3.05, 3.63) is 42.0 Å². The van der Waals surface area contributed by atoms with Gasteiger partial charge in [-0.2, -0.15) is 13.2 Å². The maximum Gasteiger partial charge on any atom is 0.407 e. The molecule has 0 saturated carbocycles. The van der Waals surface area contributed by atoms with Crippen molar-refractivity contribution in [3.63, 3.8) is 0 Å². The average Bonchev–Trinajstić information content (AvgIpc) is 2.49. The minimum absolute atomic E-state index is 0.0857. The Morgan fingerprint density at radius 3 is 2.59 bits per heavy atom. The molecule has 22 heavy (non-hydrogen) atoms. The van der Waals surface area contributed by atoms with Crippen molar-refractivity contribution in [1.29, 1.82) is 0 Å². The lowest BCUT2D eigenvalue weighted by atomic mass is 9.99. The van der Waals surface area contributed by atoms with Gasteiger partial charge in [-0.25, -0.2) is 0 Å². The minimum Gasteiger partial charge on any atom is -0.494 e. The summed E-state index contributed by atoms with van der Waals surface area (Å²) < 4.78 is 44.1. The van der Waals surface area contributed by atoms with E-state index >= 15 is 0 Å². The predicted molar refractivity (Wildman–Crippen MR) is 82.0 cm³/mol. The quantitative estimate of drug-likeness (QED) is 0.764. The lowest BCUT2D eigenvalue weighted by molar-refractivity contribution is -0.148. The molecule has 0 saturated heterocycles. The van der Waals surface area contributed by atoms with Crippen molar-refractivity contribution >= 4 is 10.8 Å². The smallest absolute Gasteiger partial charge is 0.407 e. The van der Waals surface area contributed by atoms with Crippen LogP contribution < -0.4 is 10.5 Å². The van der Waals surface area contributed by atoms with Crippen LogP contribution in [0.15, 0.2) is 36.4 Å².